The third kappa shape index (κ3) is 2.21. The summed E-state index contributed by atoms with van der Waals surface area (Å²) in [6.07, 6.45) is 0. The van der Waals surface area contributed by atoms with Gasteiger partial charge >= 0.3 is 0 Å². The summed E-state index contributed by atoms with van der Waals surface area (Å²) in [5.41, 5.74) is 5.71. The summed E-state index contributed by atoms with van der Waals surface area (Å²) in [4.78, 5) is 10.7. The van der Waals surface area contributed by atoms with Crippen LogP contribution in [0.25, 0.3) is 10.8 Å². The van der Waals surface area contributed by atoms with Gasteiger partial charge in [0.2, 0.25) is 0 Å². The van der Waals surface area contributed by atoms with Gasteiger partial charge in [-0.1, -0.05) is 36.3 Å². The SMILES string of the molecule is COc1ccc2ccccc2c1C#CC(N)=O. The van der Waals surface area contributed by atoms with E-state index in [1.54, 1.807) is 7.11 Å². The van der Waals surface area contributed by atoms with Gasteiger partial charge in [0.1, 0.15) is 5.75 Å². The van der Waals surface area contributed by atoms with Crippen molar-refractivity contribution in [3.8, 4) is 17.6 Å². The van der Waals surface area contributed by atoms with Crippen molar-refractivity contribution in [1.82, 2.24) is 0 Å². The molecule has 0 saturated carbocycles. The molecule has 0 aliphatic heterocycles. The van der Waals surface area contributed by atoms with Crippen LogP contribution in [0.1, 0.15) is 5.56 Å². The molecule has 0 heterocycles. The van der Waals surface area contributed by atoms with Crippen LogP contribution in [0.5, 0.6) is 5.75 Å². The van der Waals surface area contributed by atoms with E-state index in [0.29, 0.717) is 11.3 Å². The van der Waals surface area contributed by atoms with E-state index in [2.05, 4.69) is 11.8 Å². The average molecular weight is 225 g/mol. The minimum absolute atomic E-state index is 0.637. The highest BCUT2D eigenvalue weighted by Crippen LogP contribution is 2.26. The standard InChI is InChI=1S/C14H11NO2/c1-17-13-8-6-10-4-2-3-5-11(10)12(13)7-9-14(15)16/h2-6,8H,1H3,(H2,15,16). The quantitative estimate of drug-likeness (QED) is 0.751. The number of carbonyl (C=O) groups excluding carboxylic acids is 1. The second kappa shape index (κ2) is 4.58. The molecule has 84 valence electrons. The Hall–Kier alpha value is -2.47. The van der Waals surface area contributed by atoms with Gasteiger partial charge in [0, 0.05) is 11.3 Å². The van der Waals surface area contributed by atoms with Crippen molar-refractivity contribution in [3.05, 3.63) is 42.0 Å². The molecule has 2 aromatic carbocycles. The number of rotatable bonds is 1. The molecule has 0 fully saturated rings. The Balaban J connectivity index is 2.73. The second-order valence-corrected chi connectivity index (χ2v) is 3.48. The van der Waals surface area contributed by atoms with Crippen LogP contribution in [0.15, 0.2) is 36.4 Å². The maximum absolute atomic E-state index is 10.7. The summed E-state index contributed by atoms with van der Waals surface area (Å²) in [6.45, 7) is 0. The van der Waals surface area contributed by atoms with Crippen LogP contribution < -0.4 is 10.5 Å². The Morgan fingerprint density at radius 3 is 2.71 bits per heavy atom. The largest absolute Gasteiger partial charge is 0.495 e. The number of benzene rings is 2. The van der Waals surface area contributed by atoms with E-state index in [1.807, 2.05) is 36.4 Å². The van der Waals surface area contributed by atoms with Crippen LogP contribution in [0.3, 0.4) is 0 Å². The van der Waals surface area contributed by atoms with E-state index in [4.69, 9.17) is 10.5 Å². The van der Waals surface area contributed by atoms with Crippen molar-refractivity contribution in [2.45, 2.75) is 0 Å². The molecular formula is C14H11NO2. The van der Waals surface area contributed by atoms with Gasteiger partial charge in [0.05, 0.1) is 12.7 Å². The topological polar surface area (TPSA) is 52.3 Å². The van der Waals surface area contributed by atoms with Crippen molar-refractivity contribution in [3.63, 3.8) is 0 Å². The fourth-order valence-corrected chi connectivity index (χ4v) is 1.67. The minimum atomic E-state index is -0.653. The molecule has 0 radical (unpaired) electrons. The molecule has 0 atom stereocenters. The Morgan fingerprint density at radius 1 is 1.24 bits per heavy atom. The summed E-state index contributed by atoms with van der Waals surface area (Å²) in [5, 5.41) is 1.99. The fourth-order valence-electron chi connectivity index (χ4n) is 1.67. The van der Waals surface area contributed by atoms with Crippen molar-refractivity contribution in [2.75, 3.05) is 7.11 Å². The molecule has 0 aliphatic rings. The lowest BCUT2D eigenvalue weighted by Gasteiger charge is -2.06. The third-order valence-electron chi connectivity index (χ3n) is 2.42. The number of hydrogen-bond donors (Lipinski definition) is 1. The number of primary amides is 1. The highest BCUT2D eigenvalue weighted by Gasteiger charge is 2.05. The van der Waals surface area contributed by atoms with Gasteiger partial charge in [-0.2, -0.15) is 0 Å². The maximum Gasteiger partial charge on any atom is 0.293 e. The third-order valence-corrected chi connectivity index (χ3v) is 2.42. The molecular weight excluding hydrogens is 214 g/mol. The normalized spacial score (nSPS) is 9.47. The number of hydrogen-bond acceptors (Lipinski definition) is 2. The summed E-state index contributed by atoms with van der Waals surface area (Å²) in [5.74, 6) is 5.08. The van der Waals surface area contributed by atoms with Gasteiger partial charge < -0.3 is 10.5 Å². The summed E-state index contributed by atoms with van der Waals surface area (Å²) in [6, 6.07) is 11.5. The fraction of sp³-hybridized carbons (Fsp3) is 0.0714. The van der Waals surface area contributed by atoms with Crippen LogP contribution in [-0.4, -0.2) is 13.0 Å². The highest BCUT2D eigenvalue weighted by atomic mass is 16.5. The number of ether oxygens (including phenoxy) is 1. The number of methoxy groups -OCH3 is 1. The number of carbonyl (C=O) groups is 1. The van der Waals surface area contributed by atoms with Gasteiger partial charge in [0.15, 0.2) is 0 Å². The van der Waals surface area contributed by atoms with E-state index in [9.17, 15) is 4.79 Å². The van der Waals surface area contributed by atoms with E-state index in [-0.39, 0.29) is 0 Å². The monoisotopic (exact) mass is 225 g/mol. The number of fused-ring (bicyclic) bond motifs is 1. The van der Waals surface area contributed by atoms with Crippen molar-refractivity contribution < 1.29 is 9.53 Å². The molecule has 0 spiro atoms. The Labute approximate surface area is 99.2 Å². The van der Waals surface area contributed by atoms with Gasteiger partial charge in [-0.15, -0.1) is 0 Å². The zero-order chi connectivity index (χ0) is 12.3. The molecule has 0 bridgehead atoms. The second-order valence-electron chi connectivity index (χ2n) is 3.48. The number of nitrogens with two attached hydrogens (primary N) is 1. The lowest BCUT2D eigenvalue weighted by Crippen LogP contribution is -2.06. The molecule has 2 N–H and O–H groups in total. The zero-order valence-corrected chi connectivity index (χ0v) is 9.36. The lowest BCUT2D eigenvalue weighted by atomic mass is 10.0. The van der Waals surface area contributed by atoms with Crippen LogP contribution in [0.4, 0.5) is 0 Å². The van der Waals surface area contributed by atoms with E-state index in [1.165, 1.54) is 0 Å². The smallest absolute Gasteiger partial charge is 0.293 e. The van der Waals surface area contributed by atoms with Crippen LogP contribution in [-0.2, 0) is 4.79 Å². The van der Waals surface area contributed by atoms with Crippen molar-refractivity contribution >= 4 is 16.7 Å². The molecule has 1 amide bonds. The molecule has 0 aliphatic carbocycles. The predicted molar refractivity (Wildman–Crippen MR) is 66.6 cm³/mol. The van der Waals surface area contributed by atoms with Gasteiger partial charge in [-0.25, -0.2) is 0 Å². The number of amides is 1. The molecule has 3 nitrogen and oxygen atoms in total. The first-order valence-corrected chi connectivity index (χ1v) is 5.09. The lowest BCUT2D eigenvalue weighted by molar-refractivity contribution is -0.112. The van der Waals surface area contributed by atoms with Gasteiger partial charge in [-0.05, 0) is 11.5 Å². The summed E-state index contributed by atoms with van der Waals surface area (Å²) >= 11 is 0. The molecule has 0 saturated heterocycles. The summed E-state index contributed by atoms with van der Waals surface area (Å²) < 4.78 is 5.23. The van der Waals surface area contributed by atoms with Crippen LogP contribution in [0.2, 0.25) is 0 Å². The Bertz CT molecular complexity index is 635. The van der Waals surface area contributed by atoms with Crippen LogP contribution >= 0.6 is 0 Å². The maximum atomic E-state index is 10.7. The molecule has 3 heteroatoms. The molecule has 2 rings (SSSR count). The first-order chi connectivity index (χ1) is 8.22. The Kier molecular flexibility index (Phi) is 2.97. The van der Waals surface area contributed by atoms with Crippen molar-refractivity contribution in [2.24, 2.45) is 5.73 Å². The van der Waals surface area contributed by atoms with Gasteiger partial charge in [0.25, 0.3) is 5.91 Å². The average Bonchev–Trinajstić information content (AvgIpc) is 2.35. The van der Waals surface area contributed by atoms with Crippen LogP contribution in [0, 0.1) is 11.8 Å². The highest BCUT2D eigenvalue weighted by molar-refractivity contribution is 5.96. The molecule has 0 unspecified atom stereocenters. The van der Waals surface area contributed by atoms with Gasteiger partial charge in [-0.3, -0.25) is 4.79 Å². The molecule has 2 aromatic rings. The molecule has 0 aromatic heterocycles. The first-order valence-electron chi connectivity index (χ1n) is 5.09. The van der Waals surface area contributed by atoms with E-state index >= 15 is 0 Å². The minimum Gasteiger partial charge on any atom is -0.495 e. The van der Waals surface area contributed by atoms with E-state index < -0.39 is 5.91 Å². The first kappa shape index (κ1) is 11.0. The summed E-state index contributed by atoms with van der Waals surface area (Å²) in [7, 11) is 1.57. The van der Waals surface area contributed by atoms with E-state index in [0.717, 1.165) is 10.8 Å². The zero-order valence-electron chi connectivity index (χ0n) is 9.36. The predicted octanol–water partition coefficient (Wildman–Crippen LogP) is 1.69. The Morgan fingerprint density at radius 2 is 2.00 bits per heavy atom. The molecule has 17 heavy (non-hydrogen) atoms. The van der Waals surface area contributed by atoms with Crippen molar-refractivity contribution in [1.29, 1.82) is 0 Å².